The van der Waals surface area contributed by atoms with E-state index in [1.165, 1.54) is 0 Å². The molecule has 1 heterocycles. The zero-order valence-electron chi connectivity index (χ0n) is 12.0. The van der Waals surface area contributed by atoms with Crippen molar-refractivity contribution in [1.82, 2.24) is 4.57 Å². The summed E-state index contributed by atoms with van der Waals surface area (Å²) < 4.78 is 12.7. The van der Waals surface area contributed by atoms with Gasteiger partial charge in [0.15, 0.2) is 11.5 Å². The van der Waals surface area contributed by atoms with E-state index in [1.807, 2.05) is 18.3 Å². The molecule has 2 aromatic rings. The molecular weight excluding hydrogens is 258 g/mol. The number of benzene rings is 1. The van der Waals surface area contributed by atoms with Crippen LogP contribution in [0.25, 0.3) is 10.9 Å². The van der Waals surface area contributed by atoms with Gasteiger partial charge >= 0.3 is 5.97 Å². The van der Waals surface area contributed by atoms with Crippen molar-refractivity contribution in [3.05, 3.63) is 23.9 Å². The molecule has 1 aromatic heterocycles. The van der Waals surface area contributed by atoms with Crippen molar-refractivity contribution in [3.8, 4) is 11.5 Å². The lowest BCUT2D eigenvalue weighted by atomic mass is 10.1. The molecule has 0 fully saturated rings. The highest BCUT2D eigenvalue weighted by atomic mass is 16.5. The minimum atomic E-state index is -0.838. The van der Waals surface area contributed by atoms with Crippen molar-refractivity contribution in [1.29, 1.82) is 0 Å². The summed E-state index contributed by atoms with van der Waals surface area (Å²) >= 11 is 0. The van der Waals surface area contributed by atoms with Gasteiger partial charge < -0.3 is 19.1 Å². The first-order valence-electron chi connectivity index (χ1n) is 6.56. The number of hydrogen-bond acceptors (Lipinski definition) is 3. The molecule has 0 aliphatic carbocycles. The van der Waals surface area contributed by atoms with E-state index < -0.39 is 5.97 Å². The monoisotopic (exact) mass is 277 g/mol. The standard InChI is InChI=1S/C15H19NO4/c1-4-5-16-9-10(6-15(17)18)11-7-13(19-2)14(20-3)8-12(11)16/h7-9H,4-6H2,1-3H3,(H,17,18). The number of carbonyl (C=O) groups is 1. The van der Waals surface area contributed by atoms with E-state index in [0.29, 0.717) is 11.5 Å². The van der Waals surface area contributed by atoms with Gasteiger partial charge in [-0.3, -0.25) is 4.79 Å². The topological polar surface area (TPSA) is 60.7 Å². The predicted octanol–water partition coefficient (Wildman–Crippen LogP) is 2.70. The van der Waals surface area contributed by atoms with E-state index in [9.17, 15) is 4.79 Å². The second-order valence-electron chi connectivity index (χ2n) is 4.64. The molecule has 0 saturated carbocycles. The number of aromatic nitrogens is 1. The number of carboxylic acids is 1. The average molecular weight is 277 g/mol. The molecular formula is C15H19NO4. The second-order valence-corrected chi connectivity index (χ2v) is 4.64. The van der Waals surface area contributed by atoms with Crippen LogP contribution in [0.4, 0.5) is 0 Å². The number of aryl methyl sites for hydroxylation is 1. The number of rotatable bonds is 6. The van der Waals surface area contributed by atoms with Gasteiger partial charge in [0.25, 0.3) is 0 Å². The highest BCUT2D eigenvalue weighted by Gasteiger charge is 2.15. The van der Waals surface area contributed by atoms with Gasteiger partial charge in [-0.05, 0) is 18.1 Å². The molecule has 0 spiro atoms. The number of ether oxygens (including phenoxy) is 2. The van der Waals surface area contributed by atoms with Crippen molar-refractivity contribution in [2.75, 3.05) is 14.2 Å². The Balaban J connectivity index is 2.65. The smallest absolute Gasteiger partial charge is 0.307 e. The molecule has 0 radical (unpaired) electrons. The van der Waals surface area contributed by atoms with Gasteiger partial charge in [0.05, 0.1) is 26.2 Å². The molecule has 0 bridgehead atoms. The third kappa shape index (κ3) is 2.57. The number of aliphatic carboxylic acids is 1. The Labute approximate surface area is 117 Å². The lowest BCUT2D eigenvalue weighted by molar-refractivity contribution is -0.136. The third-order valence-corrected chi connectivity index (χ3v) is 3.28. The second kappa shape index (κ2) is 5.86. The summed E-state index contributed by atoms with van der Waals surface area (Å²) in [5, 5.41) is 9.93. The highest BCUT2D eigenvalue weighted by molar-refractivity contribution is 5.90. The Hall–Kier alpha value is -2.17. The molecule has 0 aliphatic heterocycles. The third-order valence-electron chi connectivity index (χ3n) is 3.28. The molecule has 5 nitrogen and oxygen atoms in total. The number of hydrogen-bond donors (Lipinski definition) is 1. The predicted molar refractivity (Wildman–Crippen MR) is 76.7 cm³/mol. The van der Waals surface area contributed by atoms with Crippen LogP contribution in [-0.2, 0) is 17.8 Å². The van der Waals surface area contributed by atoms with Gasteiger partial charge in [0.2, 0.25) is 0 Å². The van der Waals surface area contributed by atoms with Crippen LogP contribution in [0.2, 0.25) is 0 Å². The first-order valence-corrected chi connectivity index (χ1v) is 6.56. The molecule has 20 heavy (non-hydrogen) atoms. The Morgan fingerprint density at radius 3 is 2.45 bits per heavy atom. The molecule has 0 amide bonds. The van der Waals surface area contributed by atoms with Crippen molar-refractivity contribution in [3.63, 3.8) is 0 Å². The largest absolute Gasteiger partial charge is 0.493 e. The minimum absolute atomic E-state index is 0.00268. The van der Waals surface area contributed by atoms with Gasteiger partial charge in [-0.2, -0.15) is 0 Å². The van der Waals surface area contributed by atoms with Gasteiger partial charge in [-0.1, -0.05) is 6.92 Å². The molecule has 1 N–H and O–H groups in total. The van der Waals surface area contributed by atoms with Crippen LogP contribution in [0.5, 0.6) is 11.5 Å². The van der Waals surface area contributed by atoms with Crippen molar-refractivity contribution in [2.24, 2.45) is 0 Å². The first-order chi connectivity index (χ1) is 9.60. The van der Waals surface area contributed by atoms with Gasteiger partial charge in [0, 0.05) is 24.2 Å². The van der Waals surface area contributed by atoms with E-state index in [4.69, 9.17) is 14.6 Å². The fraction of sp³-hybridized carbons (Fsp3) is 0.400. The SMILES string of the molecule is CCCn1cc(CC(=O)O)c2cc(OC)c(OC)cc21. The van der Waals surface area contributed by atoms with Crippen LogP contribution >= 0.6 is 0 Å². The van der Waals surface area contributed by atoms with Gasteiger partial charge in [-0.15, -0.1) is 0 Å². The van der Waals surface area contributed by atoms with Crippen molar-refractivity contribution < 1.29 is 19.4 Å². The lowest BCUT2D eigenvalue weighted by Gasteiger charge is -2.09. The molecule has 2 rings (SSSR count). The summed E-state index contributed by atoms with van der Waals surface area (Å²) in [6, 6.07) is 3.74. The van der Waals surface area contributed by atoms with E-state index in [0.717, 1.165) is 29.4 Å². The molecule has 0 unspecified atom stereocenters. The summed E-state index contributed by atoms with van der Waals surface area (Å²) in [6.45, 7) is 2.93. The molecule has 0 aliphatic rings. The minimum Gasteiger partial charge on any atom is -0.493 e. The summed E-state index contributed by atoms with van der Waals surface area (Å²) in [7, 11) is 3.17. The zero-order valence-corrected chi connectivity index (χ0v) is 12.0. The van der Waals surface area contributed by atoms with Crippen LogP contribution in [0.1, 0.15) is 18.9 Å². The van der Waals surface area contributed by atoms with Crippen LogP contribution in [0.3, 0.4) is 0 Å². The van der Waals surface area contributed by atoms with E-state index >= 15 is 0 Å². The summed E-state index contributed by atoms with van der Waals surface area (Å²) in [5.41, 5.74) is 1.77. The fourth-order valence-electron chi connectivity index (χ4n) is 2.42. The number of fused-ring (bicyclic) bond motifs is 1. The number of nitrogens with zero attached hydrogens (tertiary/aromatic N) is 1. The van der Waals surface area contributed by atoms with E-state index in [2.05, 4.69) is 11.5 Å². The van der Waals surface area contributed by atoms with Crippen LogP contribution in [0.15, 0.2) is 18.3 Å². The zero-order chi connectivity index (χ0) is 14.7. The van der Waals surface area contributed by atoms with Gasteiger partial charge in [0.1, 0.15) is 0 Å². The Morgan fingerprint density at radius 1 is 1.25 bits per heavy atom. The van der Waals surface area contributed by atoms with E-state index in [1.54, 1.807) is 14.2 Å². The summed E-state index contributed by atoms with van der Waals surface area (Å²) in [6.07, 6.45) is 2.88. The van der Waals surface area contributed by atoms with Crippen LogP contribution < -0.4 is 9.47 Å². The number of methoxy groups -OCH3 is 2. The van der Waals surface area contributed by atoms with Crippen LogP contribution in [-0.4, -0.2) is 29.9 Å². The van der Waals surface area contributed by atoms with Crippen LogP contribution in [0, 0.1) is 0 Å². The summed E-state index contributed by atoms with van der Waals surface area (Å²) in [5.74, 6) is 0.425. The fourth-order valence-corrected chi connectivity index (χ4v) is 2.42. The van der Waals surface area contributed by atoms with Crippen molar-refractivity contribution >= 4 is 16.9 Å². The number of carboxylic acid groups (broad SMARTS) is 1. The molecule has 5 heteroatoms. The maximum Gasteiger partial charge on any atom is 0.307 e. The average Bonchev–Trinajstić information content (AvgIpc) is 2.74. The van der Waals surface area contributed by atoms with E-state index in [-0.39, 0.29) is 6.42 Å². The maximum absolute atomic E-state index is 11.0. The van der Waals surface area contributed by atoms with Crippen molar-refractivity contribution in [2.45, 2.75) is 26.3 Å². The molecule has 1 aromatic carbocycles. The molecule has 108 valence electrons. The molecule has 0 saturated heterocycles. The summed E-state index contributed by atoms with van der Waals surface area (Å²) in [4.78, 5) is 11.0. The maximum atomic E-state index is 11.0. The quantitative estimate of drug-likeness (QED) is 0.882. The normalized spacial score (nSPS) is 10.8. The Bertz CT molecular complexity index is 630. The first kappa shape index (κ1) is 14.2. The Morgan fingerprint density at radius 2 is 1.90 bits per heavy atom. The molecule has 0 atom stereocenters. The van der Waals surface area contributed by atoms with Gasteiger partial charge in [-0.25, -0.2) is 0 Å². The highest BCUT2D eigenvalue weighted by Crippen LogP contribution is 2.35. The lowest BCUT2D eigenvalue weighted by Crippen LogP contribution is -1.99. The Kier molecular flexibility index (Phi) is 4.17.